The zero-order chi connectivity index (χ0) is 17.1. The first kappa shape index (κ1) is 16.1. The smallest absolute Gasteiger partial charge is 0.255 e. The van der Waals surface area contributed by atoms with Gasteiger partial charge >= 0.3 is 0 Å². The van der Waals surface area contributed by atoms with E-state index >= 15 is 0 Å². The molecule has 3 heterocycles. The Kier molecular flexibility index (Phi) is 4.67. The van der Waals surface area contributed by atoms with Gasteiger partial charge in [0.15, 0.2) is 0 Å². The van der Waals surface area contributed by atoms with Crippen molar-refractivity contribution in [3.05, 3.63) is 54.1 Å². The van der Waals surface area contributed by atoms with Gasteiger partial charge in [-0.2, -0.15) is 10.2 Å². The van der Waals surface area contributed by atoms with E-state index in [0.29, 0.717) is 25.3 Å². The van der Waals surface area contributed by atoms with Crippen LogP contribution in [0.5, 0.6) is 0 Å². The van der Waals surface area contributed by atoms with E-state index in [1.54, 1.807) is 24.7 Å². The van der Waals surface area contributed by atoms with Gasteiger partial charge in [-0.3, -0.25) is 9.78 Å². The van der Waals surface area contributed by atoms with Crippen LogP contribution in [0, 0.1) is 0 Å². The summed E-state index contributed by atoms with van der Waals surface area (Å²) in [5, 5.41) is 7.54. The van der Waals surface area contributed by atoms with Crippen molar-refractivity contribution in [2.45, 2.75) is 37.7 Å². The summed E-state index contributed by atoms with van der Waals surface area (Å²) in [6.45, 7) is 1.65. The first-order valence-corrected chi connectivity index (χ1v) is 8.53. The van der Waals surface area contributed by atoms with E-state index in [4.69, 9.17) is 9.47 Å². The number of fused-ring (bicyclic) bond motifs is 1. The largest absolute Gasteiger partial charge is 0.372 e. The normalized spacial score (nSPS) is 25.6. The van der Waals surface area contributed by atoms with Crippen LogP contribution in [0.25, 0.3) is 0 Å². The number of morpholine rings is 1. The van der Waals surface area contributed by atoms with Gasteiger partial charge in [0.05, 0.1) is 43.3 Å². The van der Waals surface area contributed by atoms with E-state index in [-0.39, 0.29) is 24.2 Å². The Morgan fingerprint density at radius 1 is 1.20 bits per heavy atom. The van der Waals surface area contributed by atoms with Gasteiger partial charge in [0.2, 0.25) is 0 Å². The van der Waals surface area contributed by atoms with Crippen LogP contribution in [-0.2, 0) is 16.1 Å². The highest BCUT2D eigenvalue weighted by atomic mass is 16.5. The number of rotatable bonds is 4. The van der Waals surface area contributed by atoms with Crippen molar-refractivity contribution in [1.82, 2.24) is 20.1 Å². The molecule has 0 spiro atoms. The summed E-state index contributed by atoms with van der Waals surface area (Å²) in [4.78, 5) is 18.7. The lowest BCUT2D eigenvalue weighted by molar-refractivity contribution is -0.108. The lowest BCUT2D eigenvalue weighted by Gasteiger charge is -2.39. The van der Waals surface area contributed by atoms with Crippen molar-refractivity contribution in [3.8, 4) is 0 Å². The van der Waals surface area contributed by atoms with E-state index in [2.05, 4.69) is 15.2 Å². The predicted molar refractivity (Wildman–Crippen MR) is 88.6 cm³/mol. The maximum Gasteiger partial charge on any atom is 0.255 e. The van der Waals surface area contributed by atoms with Crippen molar-refractivity contribution in [2.75, 3.05) is 13.2 Å². The Morgan fingerprint density at radius 3 is 2.88 bits per heavy atom. The van der Waals surface area contributed by atoms with Crippen LogP contribution < -0.4 is 0 Å². The Balaban J connectivity index is 1.42. The molecule has 2 aromatic rings. The second-order valence-electron chi connectivity index (χ2n) is 6.31. The van der Waals surface area contributed by atoms with Crippen LogP contribution in [0.3, 0.4) is 0 Å². The number of nitrogens with zero attached hydrogens (tertiary/aromatic N) is 4. The van der Waals surface area contributed by atoms with Gasteiger partial charge in [-0.1, -0.05) is 0 Å². The third-order valence-electron chi connectivity index (χ3n) is 4.84. The van der Waals surface area contributed by atoms with Crippen molar-refractivity contribution in [3.63, 3.8) is 0 Å². The average Bonchev–Trinajstić information content (AvgIpc) is 3.10. The maximum absolute atomic E-state index is 12.8. The summed E-state index contributed by atoms with van der Waals surface area (Å²) >= 11 is 0. The van der Waals surface area contributed by atoms with Gasteiger partial charge in [0, 0.05) is 18.9 Å². The zero-order valence-electron chi connectivity index (χ0n) is 13.8. The molecule has 1 saturated carbocycles. The molecule has 1 aliphatic heterocycles. The fourth-order valence-corrected chi connectivity index (χ4v) is 3.61. The molecule has 0 unspecified atom stereocenters. The molecule has 2 aliphatic rings. The molecule has 0 aromatic carbocycles. The quantitative estimate of drug-likeness (QED) is 0.839. The third kappa shape index (κ3) is 3.38. The molecule has 2 fully saturated rings. The van der Waals surface area contributed by atoms with Gasteiger partial charge in [0.1, 0.15) is 6.10 Å². The molecule has 1 amide bonds. The minimum absolute atomic E-state index is 0.00401. The van der Waals surface area contributed by atoms with Crippen molar-refractivity contribution < 1.29 is 14.3 Å². The van der Waals surface area contributed by atoms with Gasteiger partial charge < -0.3 is 14.4 Å². The van der Waals surface area contributed by atoms with Gasteiger partial charge in [-0.05, 0) is 36.6 Å². The Hall–Kier alpha value is -2.38. The molecule has 4 rings (SSSR count). The molecule has 2 aromatic heterocycles. The second kappa shape index (κ2) is 7.25. The molecule has 3 atom stereocenters. The van der Waals surface area contributed by atoms with Gasteiger partial charge in [-0.15, -0.1) is 0 Å². The van der Waals surface area contributed by atoms with E-state index in [1.165, 1.54) is 6.20 Å². The van der Waals surface area contributed by atoms with Crippen LogP contribution in [0.4, 0.5) is 0 Å². The van der Waals surface area contributed by atoms with Crippen LogP contribution in [-0.4, -0.2) is 57.4 Å². The molecule has 130 valence electrons. The molecule has 1 saturated heterocycles. The second-order valence-corrected chi connectivity index (χ2v) is 6.31. The van der Waals surface area contributed by atoms with E-state index in [1.807, 2.05) is 17.0 Å². The van der Waals surface area contributed by atoms with E-state index in [0.717, 1.165) is 18.4 Å². The minimum Gasteiger partial charge on any atom is -0.372 e. The highest BCUT2D eigenvalue weighted by Crippen LogP contribution is 2.33. The fourth-order valence-electron chi connectivity index (χ4n) is 3.61. The minimum atomic E-state index is -0.0747. The molecule has 0 radical (unpaired) electrons. The summed E-state index contributed by atoms with van der Waals surface area (Å²) in [7, 11) is 0. The Bertz CT molecular complexity index is 713. The molecule has 0 N–H and O–H groups in total. The van der Waals surface area contributed by atoms with Gasteiger partial charge in [-0.25, -0.2) is 0 Å². The summed E-state index contributed by atoms with van der Waals surface area (Å²) in [5.74, 6) is -0.0111. The first-order chi connectivity index (χ1) is 12.3. The number of carbonyl (C=O) groups is 1. The van der Waals surface area contributed by atoms with Crippen molar-refractivity contribution in [1.29, 1.82) is 0 Å². The summed E-state index contributed by atoms with van der Waals surface area (Å²) in [6, 6.07) is 5.64. The number of pyridine rings is 1. The molecule has 25 heavy (non-hydrogen) atoms. The zero-order valence-corrected chi connectivity index (χ0v) is 13.8. The number of carbonyl (C=O) groups excluding carboxylic acids is 1. The maximum atomic E-state index is 12.8. The SMILES string of the molecule is O=C(c1ccnnc1)N1CCO[C@@H]2[C@@H](OCc3ccncc3)CC[C@@H]21. The van der Waals surface area contributed by atoms with E-state index in [9.17, 15) is 4.79 Å². The number of aromatic nitrogens is 3. The number of hydrogen-bond acceptors (Lipinski definition) is 6. The van der Waals surface area contributed by atoms with Crippen molar-refractivity contribution >= 4 is 5.91 Å². The molecule has 7 nitrogen and oxygen atoms in total. The van der Waals surface area contributed by atoms with Crippen molar-refractivity contribution in [2.24, 2.45) is 0 Å². The summed E-state index contributed by atoms with van der Waals surface area (Å²) in [6.07, 6.45) is 8.28. The number of hydrogen-bond donors (Lipinski definition) is 0. The number of ether oxygens (including phenoxy) is 2. The van der Waals surface area contributed by atoms with Crippen LogP contribution >= 0.6 is 0 Å². The molecular formula is C18H20N4O3. The Morgan fingerprint density at radius 2 is 2.08 bits per heavy atom. The summed E-state index contributed by atoms with van der Waals surface area (Å²) in [5.41, 5.74) is 1.65. The molecule has 7 heteroatoms. The number of amides is 1. The summed E-state index contributed by atoms with van der Waals surface area (Å²) < 4.78 is 12.0. The molecular weight excluding hydrogens is 320 g/mol. The van der Waals surface area contributed by atoms with Crippen LogP contribution in [0.1, 0.15) is 28.8 Å². The average molecular weight is 340 g/mol. The topological polar surface area (TPSA) is 77.4 Å². The highest BCUT2D eigenvalue weighted by molar-refractivity contribution is 5.94. The first-order valence-electron chi connectivity index (χ1n) is 8.53. The van der Waals surface area contributed by atoms with Crippen LogP contribution in [0.2, 0.25) is 0 Å². The lowest BCUT2D eigenvalue weighted by Crippen LogP contribution is -2.53. The highest BCUT2D eigenvalue weighted by Gasteiger charge is 2.45. The Labute approximate surface area is 146 Å². The molecule has 1 aliphatic carbocycles. The third-order valence-corrected chi connectivity index (χ3v) is 4.84. The standard InChI is InChI=1S/C18H20N4O3/c23-18(14-5-8-20-21-11-14)22-9-10-24-17-15(22)1-2-16(17)25-12-13-3-6-19-7-4-13/h3-8,11,15-17H,1-2,9-10,12H2/t15-,16-,17-/m0/s1. The molecule has 0 bridgehead atoms. The lowest BCUT2D eigenvalue weighted by atomic mass is 10.1. The fraction of sp³-hybridized carbons (Fsp3) is 0.444. The predicted octanol–water partition coefficient (Wildman–Crippen LogP) is 1.46. The van der Waals surface area contributed by atoms with Crippen LogP contribution in [0.15, 0.2) is 43.0 Å². The van der Waals surface area contributed by atoms with E-state index < -0.39 is 0 Å². The van der Waals surface area contributed by atoms with Gasteiger partial charge in [0.25, 0.3) is 5.91 Å². The monoisotopic (exact) mass is 340 g/mol.